The Labute approximate surface area is 168 Å². The maximum Gasteiger partial charge on any atom is -0.00450 e. The molecular formula is C26H32S. The molecule has 0 aromatic heterocycles. The first kappa shape index (κ1) is 19.8. The summed E-state index contributed by atoms with van der Waals surface area (Å²) < 4.78 is 0. The molecule has 0 saturated carbocycles. The van der Waals surface area contributed by atoms with E-state index in [2.05, 4.69) is 91.9 Å². The Morgan fingerprint density at radius 1 is 0.519 bits per heavy atom. The summed E-state index contributed by atoms with van der Waals surface area (Å²) in [5.74, 6) is 0. The molecule has 3 rings (SSSR count). The van der Waals surface area contributed by atoms with Crippen LogP contribution in [0.25, 0.3) is 0 Å². The number of thiol groups is 1. The fourth-order valence-electron chi connectivity index (χ4n) is 3.52. The van der Waals surface area contributed by atoms with Crippen LogP contribution in [0.2, 0.25) is 0 Å². The summed E-state index contributed by atoms with van der Waals surface area (Å²) in [5, 5.41) is 0. The van der Waals surface area contributed by atoms with Crippen LogP contribution in [0.5, 0.6) is 0 Å². The molecule has 0 fully saturated rings. The van der Waals surface area contributed by atoms with E-state index in [-0.39, 0.29) is 0 Å². The third kappa shape index (κ3) is 6.01. The van der Waals surface area contributed by atoms with Crippen molar-refractivity contribution in [3.05, 3.63) is 90.5 Å². The standard InChI is InChI=1S/C26H32S/c1-2-3-4-5-6-9-14-23-19-21-26(22-20-23)27(24-15-10-7-11-16-24)25-17-12-8-13-18-25/h7-8,10-13,15-22,27H,2-6,9,14H2,1H3. The minimum absolute atomic E-state index is 0.481. The Morgan fingerprint density at radius 2 is 1.00 bits per heavy atom. The maximum absolute atomic E-state index is 2.36. The number of hydrogen-bond acceptors (Lipinski definition) is 0. The van der Waals surface area contributed by atoms with Gasteiger partial charge in [0.1, 0.15) is 0 Å². The highest BCUT2D eigenvalue weighted by Gasteiger charge is 2.12. The smallest absolute Gasteiger partial charge is 0.00450 e. The van der Waals surface area contributed by atoms with Gasteiger partial charge in [-0.25, -0.2) is 0 Å². The molecule has 0 aliphatic carbocycles. The predicted molar refractivity (Wildman–Crippen MR) is 120 cm³/mol. The first-order chi connectivity index (χ1) is 13.4. The van der Waals surface area contributed by atoms with Crippen molar-refractivity contribution in [2.24, 2.45) is 0 Å². The van der Waals surface area contributed by atoms with Crippen LogP contribution in [-0.2, 0) is 6.42 Å². The van der Waals surface area contributed by atoms with Crippen LogP contribution in [0.4, 0.5) is 0 Å². The summed E-state index contributed by atoms with van der Waals surface area (Å²) in [6, 6.07) is 31.3. The van der Waals surface area contributed by atoms with Gasteiger partial charge in [0.15, 0.2) is 0 Å². The largest absolute Gasteiger partial charge is 0.173 e. The Balaban J connectivity index is 1.69. The van der Waals surface area contributed by atoms with Crippen molar-refractivity contribution in [2.45, 2.75) is 66.6 Å². The van der Waals surface area contributed by atoms with E-state index in [1.807, 2.05) is 0 Å². The second-order valence-electron chi connectivity index (χ2n) is 7.19. The Hall–Kier alpha value is -1.99. The molecule has 3 aromatic rings. The van der Waals surface area contributed by atoms with Gasteiger partial charge in [0.05, 0.1) is 0 Å². The van der Waals surface area contributed by atoms with Gasteiger partial charge in [-0.3, -0.25) is 0 Å². The zero-order chi connectivity index (χ0) is 18.7. The van der Waals surface area contributed by atoms with E-state index < -0.39 is 10.9 Å². The molecule has 0 spiro atoms. The van der Waals surface area contributed by atoms with Gasteiger partial charge in [0.2, 0.25) is 0 Å². The molecule has 0 unspecified atom stereocenters. The molecular weight excluding hydrogens is 344 g/mol. The fraction of sp³-hybridized carbons (Fsp3) is 0.308. The van der Waals surface area contributed by atoms with Crippen LogP contribution >= 0.6 is 10.9 Å². The molecule has 0 radical (unpaired) electrons. The highest BCUT2D eigenvalue weighted by molar-refractivity contribution is 8.17. The predicted octanol–water partition coefficient (Wildman–Crippen LogP) is 8.07. The molecule has 0 heterocycles. The van der Waals surface area contributed by atoms with Gasteiger partial charge in [0.25, 0.3) is 0 Å². The Kier molecular flexibility index (Phi) is 8.04. The molecule has 27 heavy (non-hydrogen) atoms. The summed E-state index contributed by atoms with van der Waals surface area (Å²) in [5.41, 5.74) is 1.48. The lowest BCUT2D eigenvalue weighted by atomic mass is 10.1. The third-order valence-corrected chi connectivity index (χ3v) is 7.49. The maximum atomic E-state index is 2.36. The van der Waals surface area contributed by atoms with E-state index in [1.54, 1.807) is 0 Å². The van der Waals surface area contributed by atoms with E-state index in [0.717, 1.165) is 0 Å². The summed E-state index contributed by atoms with van der Waals surface area (Å²) in [4.78, 5) is 4.28. The van der Waals surface area contributed by atoms with Gasteiger partial charge < -0.3 is 0 Å². The van der Waals surface area contributed by atoms with Crippen LogP contribution < -0.4 is 0 Å². The molecule has 0 aliphatic rings. The van der Waals surface area contributed by atoms with Crippen LogP contribution in [0, 0.1) is 0 Å². The second-order valence-corrected chi connectivity index (χ2v) is 9.41. The highest BCUT2D eigenvalue weighted by atomic mass is 32.2. The topological polar surface area (TPSA) is 0 Å². The van der Waals surface area contributed by atoms with Gasteiger partial charge in [-0.05, 0) is 69.5 Å². The van der Waals surface area contributed by atoms with Gasteiger partial charge in [-0.15, -0.1) is 0 Å². The van der Waals surface area contributed by atoms with Crippen molar-refractivity contribution in [3.8, 4) is 0 Å². The number of unbranched alkanes of at least 4 members (excludes halogenated alkanes) is 5. The SMILES string of the molecule is CCCCCCCCc1ccc([SH](c2ccccc2)c2ccccc2)cc1. The lowest BCUT2D eigenvalue weighted by Crippen LogP contribution is -1.90. The number of hydrogen-bond donors (Lipinski definition) is 1. The lowest BCUT2D eigenvalue weighted by molar-refractivity contribution is 0.607. The summed E-state index contributed by atoms with van der Waals surface area (Å²) in [6.07, 6.45) is 9.39. The van der Waals surface area contributed by atoms with Crippen molar-refractivity contribution in [1.82, 2.24) is 0 Å². The van der Waals surface area contributed by atoms with Crippen molar-refractivity contribution in [1.29, 1.82) is 0 Å². The fourth-order valence-corrected chi connectivity index (χ4v) is 5.80. The third-order valence-electron chi connectivity index (χ3n) is 5.04. The first-order valence-corrected chi connectivity index (χ1v) is 11.7. The second kappa shape index (κ2) is 11.0. The molecule has 0 N–H and O–H groups in total. The van der Waals surface area contributed by atoms with Gasteiger partial charge >= 0.3 is 0 Å². The molecule has 1 heteroatoms. The quantitative estimate of drug-likeness (QED) is 0.268. The van der Waals surface area contributed by atoms with Crippen LogP contribution in [0.15, 0.2) is 99.6 Å². The number of benzene rings is 3. The van der Waals surface area contributed by atoms with Gasteiger partial charge in [-0.2, -0.15) is 10.9 Å². The number of aryl methyl sites for hydroxylation is 1. The van der Waals surface area contributed by atoms with E-state index in [4.69, 9.17) is 0 Å². The first-order valence-electron chi connectivity index (χ1n) is 10.4. The summed E-state index contributed by atoms with van der Waals surface area (Å²) in [7, 11) is -0.481. The van der Waals surface area contributed by atoms with Crippen molar-refractivity contribution in [2.75, 3.05) is 0 Å². The van der Waals surface area contributed by atoms with Crippen LogP contribution in [0.3, 0.4) is 0 Å². The van der Waals surface area contributed by atoms with Crippen molar-refractivity contribution in [3.63, 3.8) is 0 Å². The molecule has 0 atom stereocenters. The zero-order valence-corrected chi connectivity index (χ0v) is 17.4. The van der Waals surface area contributed by atoms with E-state index in [9.17, 15) is 0 Å². The molecule has 0 bridgehead atoms. The number of rotatable bonds is 10. The van der Waals surface area contributed by atoms with Crippen LogP contribution in [-0.4, -0.2) is 0 Å². The molecule has 3 aromatic carbocycles. The average Bonchev–Trinajstić information content (AvgIpc) is 2.73. The average molecular weight is 377 g/mol. The van der Waals surface area contributed by atoms with E-state index >= 15 is 0 Å². The minimum Gasteiger partial charge on any atom is -0.173 e. The molecule has 0 aliphatic heterocycles. The van der Waals surface area contributed by atoms with E-state index in [1.165, 1.54) is 65.2 Å². The zero-order valence-electron chi connectivity index (χ0n) is 16.5. The Morgan fingerprint density at radius 3 is 1.56 bits per heavy atom. The van der Waals surface area contributed by atoms with E-state index in [0.29, 0.717) is 0 Å². The summed E-state index contributed by atoms with van der Waals surface area (Å²) >= 11 is 0. The van der Waals surface area contributed by atoms with Gasteiger partial charge in [0, 0.05) is 0 Å². The van der Waals surface area contributed by atoms with Crippen molar-refractivity contribution >= 4 is 10.9 Å². The highest BCUT2D eigenvalue weighted by Crippen LogP contribution is 2.50. The molecule has 0 amide bonds. The molecule has 0 saturated heterocycles. The Bertz CT molecular complexity index is 723. The minimum atomic E-state index is -0.481. The summed E-state index contributed by atoms with van der Waals surface area (Å²) in [6.45, 7) is 2.28. The molecule has 142 valence electrons. The van der Waals surface area contributed by atoms with Crippen LogP contribution in [0.1, 0.15) is 51.0 Å². The van der Waals surface area contributed by atoms with Crippen molar-refractivity contribution < 1.29 is 0 Å². The normalized spacial score (nSPS) is 11.4. The molecule has 0 nitrogen and oxygen atoms in total. The monoisotopic (exact) mass is 376 g/mol. The lowest BCUT2D eigenvalue weighted by Gasteiger charge is -2.23. The van der Waals surface area contributed by atoms with Gasteiger partial charge in [-0.1, -0.05) is 87.6 Å².